The summed E-state index contributed by atoms with van der Waals surface area (Å²) < 4.78 is 12.1. The molecule has 0 atom stereocenters. The molecule has 9 heteroatoms. The fourth-order valence-corrected chi connectivity index (χ4v) is 2.28. The summed E-state index contributed by atoms with van der Waals surface area (Å²) in [6, 6.07) is 1.60. The number of amides is 1. The van der Waals surface area contributed by atoms with Gasteiger partial charge in [-0.2, -0.15) is 0 Å². The van der Waals surface area contributed by atoms with E-state index < -0.39 is 18.3 Å². The van der Waals surface area contributed by atoms with E-state index in [1.807, 2.05) is 27.7 Å². The number of nitrogen functional groups attached to an aromatic ring is 1. The molecule has 0 bridgehead atoms. The minimum absolute atomic E-state index is 0.156. The highest BCUT2D eigenvalue weighted by atomic mass is 35.5. The Kier molecular flexibility index (Phi) is 5.22. The lowest BCUT2D eigenvalue weighted by molar-refractivity contribution is -0.118. The molecule has 1 aromatic rings. The van der Waals surface area contributed by atoms with E-state index in [0.717, 1.165) is 0 Å². The van der Waals surface area contributed by atoms with Gasteiger partial charge in [0.25, 0.3) is 0 Å². The van der Waals surface area contributed by atoms with Crippen LogP contribution in [0.15, 0.2) is 11.5 Å². The predicted molar refractivity (Wildman–Crippen MR) is 94.2 cm³/mol. The summed E-state index contributed by atoms with van der Waals surface area (Å²) in [4.78, 5) is 11.3. The number of hydrogen-bond acceptors (Lipinski definition) is 6. The summed E-state index contributed by atoms with van der Waals surface area (Å²) in [6.07, 6.45) is 1.76. The number of hydrogen-bond donors (Lipinski definition) is 2. The van der Waals surface area contributed by atoms with E-state index in [0.29, 0.717) is 11.0 Å². The molecule has 0 saturated carbocycles. The molecular formula is C15H22BClN4O3. The van der Waals surface area contributed by atoms with Crippen LogP contribution < -0.4 is 11.1 Å². The third kappa shape index (κ3) is 4.06. The van der Waals surface area contributed by atoms with Gasteiger partial charge in [0.15, 0.2) is 11.0 Å². The fourth-order valence-electron chi connectivity index (χ4n) is 2.13. The number of halogens is 1. The molecule has 3 N–H and O–H groups in total. The van der Waals surface area contributed by atoms with Gasteiger partial charge in [-0.1, -0.05) is 17.7 Å². The Morgan fingerprint density at radius 3 is 2.46 bits per heavy atom. The second-order valence-corrected chi connectivity index (χ2v) is 7.11. The lowest BCUT2D eigenvalue weighted by atomic mass is 9.77. The van der Waals surface area contributed by atoms with E-state index >= 15 is 0 Å². The van der Waals surface area contributed by atoms with Crippen molar-refractivity contribution in [2.75, 3.05) is 12.3 Å². The Hall–Kier alpha value is -1.64. The Balaban J connectivity index is 2.37. The molecule has 7 nitrogen and oxygen atoms in total. The highest BCUT2D eigenvalue weighted by molar-refractivity contribution is 6.56. The zero-order chi connectivity index (χ0) is 18.1. The topological polar surface area (TPSA) is 99.4 Å². The quantitative estimate of drug-likeness (QED) is 0.802. The molecule has 2 heterocycles. The Morgan fingerprint density at radius 2 is 1.92 bits per heavy atom. The number of carbonyl (C=O) groups is 1. The van der Waals surface area contributed by atoms with Gasteiger partial charge >= 0.3 is 7.12 Å². The van der Waals surface area contributed by atoms with Crippen molar-refractivity contribution in [2.24, 2.45) is 0 Å². The van der Waals surface area contributed by atoms with Crippen LogP contribution in [0.5, 0.6) is 0 Å². The minimum atomic E-state index is -0.617. The monoisotopic (exact) mass is 352 g/mol. The summed E-state index contributed by atoms with van der Waals surface area (Å²) in [5, 5.41) is 10.5. The first kappa shape index (κ1) is 18.7. The van der Waals surface area contributed by atoms with Crippen LogP contribution in [-0.4, -0.2) is 41.0 Å². The van der Waals surface area contributed by atoms with E-state index in [2.05, 4.69) is 15.5 Å². The second kappa shape index (κ2) is 6.70. The van der Waals surface area contributed by atoms with Crippen molar-refractivity contribution in [1.29, 1.82) is 0 Å². The normalized spacial score (nSPS) is 19.4. The lowest BCUT2D eigenvalue weighted by Crippen LogP contribution is -2.41. The summed E-state index contributed by atoms with van der Waals surface area (Å²) in [5.41, 5.74) is 6.16. The van der Waals surface area contributed by atoms with Crippen LogP contribution in [0.4, 0.5) is 5.82 Å². The van der Waals surface area contributed by atoms with Crippen LogP contribution in [0.2, 0.25) is 5.15 Å². The Bertz CT molecular complexity index is 663. The van der Waals surface area contributed by atoms with Gasteiger partial charge in [0.1, 0.15) is 0 Å². The molecule has 1 aliphatic heterocycles. The van der Waals surface area contributed by atoms with Crippen LogP contribution in [0, 0.1) is 0 Å². The standard InChI is InChI=1S/C15H22BClN4O3/c1-9(22)19-8-11(6-10-7-12(17)20-21-13(10)18)16-23-14(2,3)15(4,5)24-16/h6-7H,8H2,1-5H3,(H2,18,21)(H,19,22). The summed E-state index contributed by atoms with van der Waals surface area (Å²) >= 11 is 5.89. The van der Waals surface area contributed by atoms with E-state index in [1.54, 1.807) is 12.1 Å². The number of aromatic nitrogens is 2. The van der Waals surface area contributed by atoms with Gasteiger partial charge in [-0.15, -0.1) is 10.2 Å². The van der Waals surface area contributed by atoms with Crippen molar-refractivity contribution in [2.45, 2.75) is 45.8 Å². The maximum atomic E-state index is 11.3. The number of nitrogens with two attached hydrogens (primary N) is 1. The van der Waals surface area contributed by atoms with Gasteiger partial charge in [-0.25, -0.2) is 0 Å². The number of nitrogens with one attached hydrogen (secondary N) is 1. The van der Waals surface area contributed by atoms with Crippen LogP contribution in [0.1, 0.15) is 40.2 Å². The molecule has 2 rings (SSSR count). The van der Waals surface area contributed by atoms with Crippen LogP contribution in [0.3, 0.4) is 0 Å². The molecule has 0 unspecified atom stereocenters. The second-order valence-electron chi connectivity index (χ2n) is 6.72. The number of anilines is 1. The molecule has 0 aliphatic carbocycles. The molecule has 24 heavy (non-hydrogen) atoms. The van der Waals surface area contributed by atoms with Crippen molar-refractivity contribution in [1.82, 2.24) is 15.5 Å². The Morgan fingerprint density at radius 1 is 1.33 bits per heavy atom. The first-order valence-corrected chi connectivity index (χ1v) is 7.99. The van der Waals surface area contributed by atoms with Crippen LogP contribution >= 0.6 is 11.6 Å². The first-order valence-electron chi connectivity index (χ1n) is 7.61. The van der Waals surface area contributed by atoms with Crippen molar-refractivity contribution in [3.63, 3.8) is 0 Å². The largest absolute Gasteiger partial charge is 0.492 e. The molecule has 1 amide bonds. The molecule has 1 fully saturated rings. The fraction of sp³-hybridized carbons (Fsp3) is 0.533. The van der Waals surface area contributed by atoms with E-state index in [1.165, 1.54) is 6.92 Å². The third-order valence-electron chi connectivity index (χ3n) is 4.26. The van der Waals surface area contributed by atoms with E-state index in [9.17, 15) is 4.79 Å². The Labute approximate surface area is 147 Å². The number of carbonyl (C=O) groups excluding carboxylic acids is 1. The molecule has 0 radical (unpaired) electrons. The maximum Gasteiger partial charge on any atom is 0.492 e. The van der Waals surface area contributed by atoms with Crippen molar-refractivity contribution < 1.29 is 14.1 Å². The van der Waals surface area contributed by atoms with Crippen molar-refractivity contribution in [3.8, 4) is 0 Å². The first-order chi connectivity index (χ1) is 11.0. The SMILES string of the molecule is CC(=O)NCC(=Cc1cc(Cl)nnc1N)B1OC(C)(C)C(C)(C)O1. The predicted octanol–water partition coefficient (Wildman–Crippen LogP) is 1.86. The van der Waals surface area contributed by atoms with E-state index in [4.69, 9.17) is 26.6 Å². The van der Waals surface area contributed by atoms with E-state index in [-0.39, 0.29) is 23.4 Å². The number of nitrogens with zero attached hydrogens (tertiary/aromatic N) is 2. The molecule has 1 saturated heterocycles. The van der Waals surface area contributed by atoms with Crippen LogP contribution in [-0.2, 0) is 14.1 Å². The molecule has 0 spiro atoms. The molecule has 1 aromatic heterocycles. The molecule has 130 valence electrons. The average molecular weight is 353 g/mol. The average Bonchev–Trinajstić information content (AvgIpc) is 2.66. The number of rotatable bonds is 4. The zero-order valence-corrected chi connectivity index (χ0v) is 15.3. The van der Waals surface area contributed by atoms with Crippen LogP contribution in [0.25, 0.3) is 6.08 Å². The molecule has 1 aliphatic rings. The van der Waals surface area contributed by atoms with Gasteiger partial charge < -0.3 is 20.4 Å². The van der Waals surface area contributed by atoms with Crippen molar-refractivity contribution in [3.05, 3.63) is 22.3 Å². The van der Waals surface area contributed by atoms with Gasteiger partial charge in [0, 0.05) is 19.0 Å². The molecular weight excluding hydrogens is 330 g/mol. The van der Waals surface area contributed by atoms with Crippen molar-refractivity contribution >= 4 is 36.5 Å². The summed E-state index contributed by atoms with van der Waals surface area (Å²) in [7, 11) is -0.617. The molecule has 0 aromatic carbocycles. The van der Waals surface area contributed by atoms with Gasteiger partial charge in [0.2, 0.25) is 5.91 Å². The summed E-state index contributed by atoms with van der Waals surface area (Å²) in [5.74, 6) is 0.0764. The van der Waals surface area contributed by atoms with Gasteiger partial charge in [-0.3, -0.25) is 4.79 Å². The summed E-state index contributed by atoms with van der Waals surface area (Å²) in [6.45, 7) is 9.54. The minimum Gasteiger partial charge on any atom is -0.400 e. The van der Waals surface area contributed by atoms with Gasteiger partial charge in [-0.05, 0) is 39.2 Å². The van der Waals surface area contributed by atoms with Gasteiger partial charge in [0.05, 0.1) is 11.2 Å². The smallest absolute Gasteiger partial charge is 0.400 e. The maximum absolute atomic E-state index is 11.3. The highest BCUT2D eigenvalue weighted by Crippen LogP contribution is 2.38. The third-order valence-corrected chi connectivity index (χ3v) is 4.45. The lowest BCUT2D eigenvalue weighted by Gasteiger charge is -2.32. The zero-order valence-electron chi connectivity index (χ0n) is 14.5. The highest BCUT2D eigenvalue weighted by Gasteiger charge is 2.52.